The summed E-state index contributed by atoms with van der Waals surface area (Å²) in [5.41, 5.74) is 8.62. The Kier molecular flexibility index (Phi) is 15.4. The Morgan fingerprint density at radius 1 is 0.929 bits per heavy atom. The summed E-state index contributed by atoms with van der Waals surface area (Å²) in [6, 6.07) is 24.7. The largest absolute Gasteiger partial charge is 4.00 e. The molecule has 1 aliphatic carbocycles. The van der Waals surface area contributed by atoms with Crippen molar-refractivity contribution in [2.45, 2.75) is 39.5 Å². The van der Waals surface area contributed by atoms with Crippen molar-refractivity contribution in [3.63, 3.8) is 0 Å². The first-order valence-corrected chi connectivity index (χ1v) is 8.27. The number of hydrogen-bond acceptors (Lipinski definition) is 0. The van der Waals surface area contributed by atoms with Gasteiger partial charge in [-0.2, -0.15) is 53.1 Å². The average Bonchev–Trinajstić information content (AvgIpc) is 3.11. The summed E-state index contributed by atoms with van der Waals surface area (Å²) in [6.45, 7) is 8.85. The van der Waals surface area contributed by atoms with Crippen LogP contribution in [0.15, 0.2) is 60.7 Å². The van der Waals surface area contributed by atoms with E-state index in [1.54, 1.807) is 0 Å². The number of hydrogen-bond donors (Lipinski definition) is 0. The molecule has 0 radical (unpaired) electrons. The molecule has 0 aliphatic heterocycles. The molecule has 0 N–H and O–H groups in total. The molecule has 0 fully saturated rings. The average molecular weight is 495 g/mol. The minimum absolute atomic E-state index is 0. The van der Waals surface area contributed by atoms with Crippen LogP contribution < -0.4 is 0 Å². The van der Waals surface area contributed by atoms with Crippen molar-refractivity contribution in [1.29, 1.82) is 0 Å². The molecule has 4 rings (SSSR count). The molecule has 0 nitrogen and oxygen atoms in total. The van der Waals surface area contributed by atoms with Crippen molar-refractivity contribution in [3.8, 4) is 11.1 Å². The van der Waals surface area contributed by atoms with Gasteiger partial charge in [0.15, 0.2) is 0 Å². The topological polar surface area (TPSA) is 0 Å². The zero-order chi connectivity index (χ0) is 16.4. The molecule has 3 heteroatoms. The molecule has 0 saturated carbocycles. The Balaban J connectivity index is -0.000000389. The molecule has 0 heterocycles. The van der Waals surface area contributed by atoms with E-state index in [0.717, 1.165) is 6.42 Å². The van der Waals surface area contributed by atoms with Crippen molar-refractivity contribution in [1.82, 2.24) is 0 Å². The van der Waals surface area contributed by atoms with Gasteiger partial charge in [-0.05, 0) is 6.42 Å². The predicted molar refractivity (Wildman–Crippen MR) is 126 cm³/mol. The number of rotatable bonds is 0. The van der Waals surface area contributed by atoms with Gasteiger partial charge in [0, 0.05) is 0 Å². The zero-order valence-electron chi connectivity index (χ0n) is 17.8. The van der Waals surface area contributed by atoms with E-state index < -0.39 is 0 Å². The van der Waals surface area contributed by atoms with Crippen molar-refractivity contribution in [2.24, 2.45) is 0 Å². The van der Waals surface area contributed by atoms with Crippen LogP contribution in [-0.4, -0.2) is 0 Å². The zero-order valence-corrected chi connectivity index (χ0v) is 21.9. The molecule has 3 aromatic carbocycles. The number of halogens is 2. The summed E-state index contributed by atoms with van der Waals surface area (Å²) >= 11 is 0. The second-order valence-corrected chi connectivity index (χ2v) is 7.32. The van der Waals surface area contributed by atoms with E-state index in [9.17, 15) is 0 Å². The fourth-order valence-electron chi connectivity index (χ4n) is 3.03. The molecule has 1 aliphatic rings. The standard InChI is InChI=1S/C13H9.C10H15.2CH3.2ClH.Zr/c1-3-7-12-10(5-1)9-11-6-2-4-8-13(11)12;1-8-5-6-9(7-8)10(2,3)4;;;;;/h1-5,7-8H,9H2;5-7H,1-4H3;2*1H3;2*1H;/q4*-1;;;+4. The maximum atomic E-state index is 3.30. The summed E-state index contributed by atoms with van der Waals surface area (Å²) < 4.78 is 0. The Bertz CT molecular complexity index is 770. The van der Waals surface area contributed by atoms with Crippen LogP contribution in [0.2, 0.25) is 0 Å². The van der Waals surface area contributed by atoms with Crippen LogP contribution in [0.25, 0.3) is 11.1 Å². The molecule has 3 aromatic rings. The fraction of sp³-hybridized carbons (Fsp3) is 0.240. The molecule has 0 spiro atoms. The van der Waals surface area contributed by atoms with Gasteiger partial charge in [0.1, 0.15) is 0 Å². The van der Waals surface area contributed by atoms with Crippen LogP contribution in [0.5, 0.6) is 0 Å². The van der Waals surface area contributed by atoms with Crippen LogP contribution in [-0.2, 0) is 38.0 Å². The summed E-state index contributed by atoms with van der Waals surface area (Å²) in [6.07, 6.45) is 1.05. The third-order valence-electron chi connectivity index (χ3n) is 4.39. The quantitative estimate of drug-likeness (QED) is 0.219. The van der Waals surface area contributed by atoms with Crippen LogP contribution in [0.3, 0.4) is 0 Å². The molecule has 0 unspecified atom stereocenters. The Morgan fingerprint density at radius 2 is 1.54 bits per heavy atom. The van der Waals surface area contributed by atoms with Crippen molar-refractivity contribution >= 4 is 24.8 Å². The summed E-state index contributed by atoms with van der Waals surface area (Å²) in [5.74, 6) is 0. The van der Waals surface area contributed by atoms with E-state index in [2.05, 4.69) is 88.4 Å². The monoisotopic (exact) mass is 492 g/mol. The van der Waals surface area contributed by atoms with E-state index in [1.165, 1.54) is 33.4 Å². The van der Waals surface area contributed by atoms with Gasteiger partial charge in [-0.15, -0.1) is 30.4 Å². The third-order valence-corrected chi connectivity index (χ3v) is 4.39. The van der Waals surface area contributed by atoms with E-state index in [0.29, 0.717) is 5.41 Å². The van der Waals surface area contributed by atoms with Crippen molar-refractivity contribution in [2.75, 3.05) is 0 Å². The number of aryl methyl sites for hydroxylation is 1. The van der Waals surface area contributed by atoms with Gasteiger partial charge in [0.25, 0.3) is 0 Å². The van der Waals surface area contributed by atoms with Crippen LogP contribution in [0.1, 0.15) is 43.0 Å². The van der Waals surface area contributed by atoms with E-state index in [-0.39, 0.29) is 65.9 Å². The Labute approximate surface area is 204 Å². The molecule has 0 aromatic heterocycles. The predicted octanol–water partition coefficient (Wildman–Crippen LogP) is 7.81. The van der Waals surface area contributed by atoms with Gasteiger partial charge >= 0.3 is 26.2 Å². The molecular weight excluding hydrogens is 462 g/mol. The molecule has 0 amide bonds. The maximum absolute atomic E-state index is 3.30. The van der Waals surface area contributed by atoms with E-state index >= 15 is 0 Å². The first kappa shape index (κ1) is 31.9. The van der Waals surface area contributed by atoms with Gasteiger partial charge in [-0.1, -0.05) is 68.5 Å². The number of fused-ring (bicyclic) bond motifs is 3. The van der Waals surface area contributed by atoms with E-state index in [1.807, 2.05) is 6.07 Å². The van der Waals surface area contributed by atoms with Crippen LogP contribution in [0, 0.1) is 27.8 Å². The first-order valence-electron chi connectivity index (χ1n) is 8.27. The second kappa shape index (κ2) is 13.5. The minimum Gasteiger partial charge on any atom is -0.358 e. The molecule has 0 bridgehead atoms. The van der Waals surface area contributed by atoms with Gasteiger partial charge in [-0.25, -0.2) is 6.07 Å². The van der Waals surface area contributed by atoms with Crippen LogP contribution in [0.4, 0.5) is 0 Å². The summed E-state index contributed by atoms with van der Waals surface area (Å²) in [4.78, 5) is 0. The van der Waals surface area contributed by atoms with Crippen LogP contribution >= 0.6 is 24.8 Å². The maximum Gasteiger partial charge on any atom is 4.00 e. The van der Waals surface area contributed by atoms with Gasteiger partial charge in [-0.3, -0.25) is 0 Å². The van der Waals surface area contributed by atoms with Crippen molar-refractivity contribution in [3.05, 3.63) is 104 Å². The SMILES string of the molecule is Cc1cc(C(C)(C)C)c[cH-]1.Cl.Cl.[CH3-].[CH3-].[Zr+4].[c-]1cccc2c1Cc1ccccc1-2. The van der Waals surface area contributed by atoms with Gasteiger partial charge in [0.05, 0.1) is 0 Å². The second-order valence-electron chi connectivity index (χ2n) is 7.32. The van der Waals surface area contributed by atoms with Gasteiger partial charge in [0.2, 0.25) is 0 Å². The first-order chi connectivity index (χ1) is 10.9. The third kappa shape index (κ3) is 7.59. The van der Waals surface area contributed by atoms with Crippen molar-refractivity contribution < 1.29 is 26.2 Å². The number of benzene rings is 2. The molecule has 150 valence electrons. The Morgan fingerprint density at radius 3 is 2.07 bits per heavy atom. The van der Waals surface area contributed by atoms with Gasteiger partial charge < -0.3 is 14.9 Å². The molecule has 28 heavy (non-hydrogen) atoms. The normalized spacial score (nSPS) is 10.0. The Hall–Kier alpha value is -0.747. The smallest absolute Gasteiger partial charge is 0.358 e. The minimum atomic E-state index is 0. The fourth-order valence-corrected chi connectivity index (χ4v) is 3.03. The molecule has 0 saturated heterocycles. The van der Waals surface area contributed by atoms with E-state index in [4.69, 9.17) is 0 Å². The molecular formula is C25H32Cl2Zr. The summed E-state index contributed by atoms with van der Waals surface area (Å²) in [5, 5.41) is 0. The summed E-state index contributed by atoms with van der Waals surface area (Å²) in [7, 11) is 0. The molecule has 0 atom stereocenters.